The summed E-state index contributed by atoms with van der Waals surface area (Å²) in [6.07, 6.45) is -118. The van der Waals surface area contributed by atoms with Crippen molar-refractivity contribution in [2.75, 3.05) is 72.7 Å². The second kappa shape index (κ2) is 45.8. The van der Waals surface area contributed by atoms with Crippen molar-refractivity contribution in [2.45, 2.75) is 351 Å². The summed E-state index contributed by atoms with van der Waals surface area (Å²) >= 11 is 0. The van der Waals surface area contributed by atoms with E-state index in [-0.39, 0.29) is 0 Å². The minimum absolute atomic E-state index is 0.827. The highest BCUT2D eigenvalue weighted by atomic mass is 16.8. The van der Waals surface area contributed by atoms with Gasteiger partial charge in [-0.3, -0.25) is 9.59 Å². The van der Waals surface area contributed by atoms with Crippen molar-refractivity contribution in [3.05, 3.63) is 0 Å². The Morgan fingerprint density at radius 3 is 0.742 bits per heavy atom. The summed E-state index contributed by atoms with van der Waals surface area (Å²) in [6.45, 7) is -10.9. The van der Waals surface area contributed by atoms with Crippen LogP contribution in [-0.4, -0.2) is 591 Å². The summed E-state index contributed by atoms with van der Waals surface area (Å²) in [7, 11) is 0. The molecule has 35 N–H and O–H groups in total. The summed E-state index contributed by atoms with van der Waals surface area (Å²) in [4.78, 5) is 25.4. The summed E-state index contributed by atoms with van der Waals surface area (Å²) in [5, 5.41) is 373. The first-order valence-corrected chi connectivity index (χ1v) is 40.7. The van der Waals surface area contributed by atoms with E-state index in [4.69, 9.17) is 99.5 Å². The maximum Gasteiger partial charge on any atom is 0.217 e. The van der Waals surface area contributed by atoms with Crippen LogP contribution >= 0.6 is 0 Å². The Morgan fingerprint density at radius 2 is 0.422 bits per heavy atom. The van der Waals surface area contributed by atoms with E-state index in [1.807, 2.05) is 0 Å². The van der Waals surface area contributed by atoms with Crippen molar-refractivity contribution >= 4 is 11.8 Å². The SMILES string of the molecule is CC(=O)N[C@@H]1[C@@H](O)[C@H](O[C@@H]2O[C@H](CO)[C@@H](O[C@@H]3O[C@H](CO[C@H]4O[C@H](CO)[C@@H](O)[C@H](O)[C@@H]4O[C@H]4O[C@H](CO)[C@@H](O)[C@H](O)[C@@H]4O[C@H]4O[C@H](CO)[C@@H](O)[C@H](O)[C@@H]4O)[C@@H](O)[C@H](O[C@H]4O[C@H](CO[C@H]5O[C@H](CO)[C@@H](O)[C@H](O)[C@@H]5O[C@H]5O[C@H](CO)[C@@H](O)[C@H](O)[C@@H]5O)[C@@H](O)[C@H](O[C@H]5O[C@H](CO)[C@@H](O)[C@H](O)[C@@H]5O[C@H]5O[C@H](CO)[C@@H](O)[C@H](O)[C@@H]5O)[C@@H]4O)[C@@H]3O)[C@H](O)[C@H]2NC(C)=O)[C@@H](CO)O[C@H]1O. The van der Waals surface area contributed by atoms with Crippen LogP contribution in [0.15, 0.2) is 0 Å². The van der Waals surface area contributed by atoms with Gasteiger partial charge >= 0.3 is 0 Å². The van der Waals surface area contributed by atoms with Crippen molar-refractivity contribution in [3.63, 3.8) is 0 Å². The quantitative estimate of drug-likeness (QED) is 0.0290. The van der Waals surface area contributed by atoms with Gasteiger partial charge in [0.1, 0.15) is 268 Å². The number of amides is 2. The number of hydrogen-bond donors (Lipinski definition) is 35. The summed E-state index contributed by atoms with van der Waals surface area (Å²) in [6, 6.07) is -3.72. The highest BCUT2D eigenvalue weighted by molar-refractivity contribution is 5.73. The highest BCUT2D eigenvalue weighted by Gasteiger charge is 2.62. The van der Waals surface area contributed by atoms with Crippen molar-refractivity contribution in [1.29, 1.82) is 0 Å². The summed E-state index contributed by atoms with van der Waals surface area (Å²) in [5.74, 6) is -1.83. The maximum absolute atomic E-state index is 13.1. The first-order valence-electron chi connectivity index (χ1n) is 40.7. The Hall–Kier alpha value is -3.22. The summed E-state index contributed by atoms with van der Waals surface area (Å²) < 4.78 is 124. The lowest BCUT2D eigenvalue weighted by Gasteiger charge is -2.51. The van der Waals surface area contributed by atoms with Gasteiger partial charge in [-0.2, -0.15) is 0 Å². The van der Waals surface area contributed by atoms with Gasteiger partial charge in [0.25, 0.3) is 0 Å². The Kier molecular flexibility index (Phi) is 37.7. The summed E-state index contributed by atoms with van der Waals surface area (Å²) in [5.41, 5.74) is 0. The van der Waals surface area contributed by atoms with E-state index in [0.29, 0.717) is 0 Å². The molecule has 11 rings (SSSR count). The van der Waals surface area contributed by atoms with E-state index in [0.717, 1.165) is 13.8 Å². The number of hydrogen-bond acceptors (Lipinski definition) is 56. The third-order valence-corrected chi connectivity index (χ3v) is 23.8. The van der Waals surface area contributed by atoms with Gasteiger partial charge in [0.05, 0.1) is 72.7 Å². The molecule has 0 aromatic rings. The molecule has 0 unspecified atom stereocenters. The molecule has 2 amide bonds. The molecule has 0 spiro atoms. The molecule has 11 saturated heterocycles. The fourth-order valence-electron chi connectivity index (χ4n) is 16.5. The molecule has 11 heterocycles. The fourth-order valence-corrected chi connectivity index (χ4v) is 16.5. The average Bonchev–Trinajstić information content (AvgIpc) is 0.761. The van der Waals surface area contributed by atoms with E-state index in [9.17, 15) is 178 Å². The molecule has 11 aliphatic heterocycles. The standard InChI is InChI=1S/C70H118N2O56/c1-14(82)71-27-38(93)52(23(10-80)110-60(27)107)121-61-28(72-15(2)83)39(94)53(24(11-81)118-61)122-65-50(105)54(36(91)25(119-65)12-109-68-57(44(99)33(88)20(7-77)115-68)128-70-59(46(101)35(90)22(9-79)117-70)127-64-49(104)42(97)31(86)18(5-75)113-64)123-66-51(106)55(124-69-58(45(100)34(89)21(8-78)116-69)126-63-48(103)41(96)30(85)17(4-74)112-63)37(92)26(120-66)13-108-67-56(43(98)32(87)19(6-76)114-67)125-62-47(102)40(95)29(84)16(3-73)111-62/h16-70,73-81,84-107H,3-13H2,1-2H3,(H,71,82)(H,72,83)/t16-,17-,18-,19-,20-,21-,22-,23-,24-,25-,26-,27-,28-,29-,30-,31-,32-,33-,34-,35-,36-,37-,38-,39-,40+,41+,42+,43+,44+,45+,46+,47+,48+,49+,50+,51+,52-,53-,54+,55+,56+,57+,58+,59+,60-,61+,62-,63-,64-,65+,66-,67+,68+,69-,70-/m1/s1. The molecule has 0 aromatic heterocycles. The van der Waals surface area contributed by atoms with Crippen molar-refractivity contribution in [1.82, 2.24) is 10.6 Å². The number of aliphatic hydroxyl groups excluding tert-OH is 33. The van der Waals surface area contributed by atoms with Gasteiger partial charge in [-0.05, 0) is 0 Å². The molecule has 128 heavy (non-hydrogen) atoms. The minimum atomic E-state index is -2.76. The smallest absolute Gasteiger partial charge is 0.217 e. The fraction of sp³-hybridized carbons (Fsp3) is 0.971. The van der Waals surface area contributed by atoms with Gasteiger partial charge in [0, 0.05) is 13.8 Å². The van der Waals surface area contributed by atoms with Crippen molar-refractivity contribution < 1.29 is 278 Å². The van der Waals surface area contributed by atoms with Crippen LogP contribution in [0.1, 0.15) is 13.8 Å². The minimum Gasteiger partial charge on any atom is -0.394 e. The zero-order chi connectivity index (χ0) is 94.0. The van der Waals surface area contributed by atoms with Crippen LogP contribution in [-0.2, 0) is 109 Å². The first-order chi connectivity index (χ1) is 60.7. The van der Waals surface area contributed by atoms with Crippen LogP contribution < -0.4 is 10.6 Å². The number of rotatable bonds is 33. The van der Waals surface area contributed by atoms with Crippen LogP contribution in [0.25, 0.3) is 0 Å². The van der Waals surface area contributed by atoms with Gasteiger partial charge in [0.15, 0.2) is 69.2 Å². The van der Waals surface area contributed by atoms with E-state index in [1.54, 1.807) is 0 Å². The van der Waals surface area contributed by atoms with Crippen LogP contribution in [0.2, 0.25) is 0 Å². The lowest BCUT2D eigenvalue weighted by molar-refractivity contribution is -0.406. The van der Waals surface area contributed by atoms with Crippen molar-refractivity contribution in [2.24, 2.45) is 0 Å². The Balaban J connectivity index is 0.969. The normalized spacial score (nSPS) is 51.7. The van der Waals surface area contributed by atoms with Crippen LogP contribution in [0.3, 0.4) is 0 Å². The van der Waals surface area contributed by atoms with E-state index >= 15 is 0 Å². The number of aliphatic hydroxyl groups is 33. The zero-order valence-electron chi connectivity index (χ0n) is 67.7. The Bertz CT molecular complexity index is 3380. The van der Waals surface area contributed by atoms with Gasteiger partial charge in [-0.25, -0.2) is 0 Å². The first kappa shape index (κ1) is 105. The molecule has 0 bridgehead atoms. The molecular formula is C70H118N2O56. The third-order valence-electron chi connectivity index (χ3n) is 23.8. The van der Waals surface area contributed by atoms with E-state index in [1.165, 1.54) is 0 Å². The lowest BCUT2D eigenvalue weighted by atomic mass is 9.94. The maximum atomic E-state index is 13.1. The topological polar surface area (TPSA) is 920 Å². The molecule has 0 aliphatic carbocycles. The monoisotopic (exact) mass is 1880 g/mol. The predicted octanol–water partition coefficient (Wildman–Crippen LogP) is -24.7. The largest absolute Gasteiger partial charge is 0.394 e. The molecular weight excluding hydrogens is 1760 g/mol. The van der Waals surface area contributed by atoms with Gasteiger partial charge < -0.3 is 279 Å². The van der Waals surface area contributed by atoms with Crippen molar-refractivity contribution in [3.8, 4) is 0 Å². The lowest BCUT2D eigenvalue weighted by Crippen LogP contribution is -2.70. The van der Waals surface area contributed by atoms with Crippen LogP contribution in [0.4, 0.5) is 0 Å². The number of nitrogens with one attached hydrogen (secondary N) is 2. The van der Waals surface area contributed by atoms with Crippen LogP contribution in [0.5, 0.6) is 0 Å². The Labute approximate surface area is 722 Å². The van der Waals surface area contributed by atoms with E-state index < -0.39 is 422 Å². The molecule has 11 fully saturated rings. The second-order valence-corrected chi connectivity index (χ2v) is 32.3. The average molecular weight is 1880 g/mol. The number of ether oxygens (including phenoxy) is 21. The Morgan fingerprint density at radius 1 is 0.203 bits per heavy atom. The van der Waals surface area contributed by atoms with Gasteiger partial charge in [-0.15, -0.1) is 0 Å². The highest BCUT2D eigenvalue weighted by Crippen LogP contribution is 2.42. The predicted molar refractivity (Wildman–Crippen MR) is 386 cm³/mol. The molecule has 0 radical (unpaired) electrons. The molecule has 0 saturated carbocycles. The molecule has 55 atom stereocenters. The van der Waals surface area contributed by atoms with E-state index in [2.05, 4.69) is 10.6 Å². The number of carbonyl (C=O) groups excluding carboxylic acids is 2. The molecule has 11 aliphatic rings. The van der Waals surface area contributed by atoms with Gasteiger partial charge in [0.2, 0.25) is 11.8 Å². The molecule has 744 valence electrons. The van der Waals surface area contributed by atoms with Gasteiger partial charge in [-0.1, -0.05) is 0 Å². The zero-order valence-corrected chi connectivity index (χ0v) is 67.7. The second-order valence-electron chi connectivity index (χ2n) is 32.3. The third kappa shape index (κ3) is 22.5. The molecule has 58 nitrogen and oxygen atoms in total. The number of carbonyl (C=O) groups is 2. The molecule has 0 aromatic carbocycles. The molecule has 58 heteroatoms. The van der Waals surface area contributed by atoms with Crippen LogP contribution in [0, 0.1) is 0 Å².